The summed E-state index contributed by atoms with van der Waals surface area (Å²) in [4.78, 5) is 34.9. The van der Waals surface area contributed by atoms with Gasteiger partial charge in [0.25, 0.3) is 5.91 Å². The van der Waals surface area contributed by atoms with Gasteiger partial charge in [0.2, 0.25) is 5.91 Å². The molecule has 0 atom stereocenters. The van der Waals surface area contributed by atoms with Crippen molar-refractivity contribution in [2.75, 3.05) is 13.1 Å². The van der Waals surface area contributed by atoms with E-state index in [0.29, 0.717) is 46.3 Å². The topological polar surface area (TPSA) is 110 Å². The van der Waals surface area contributed by atoms with Crippen LogP contribution in [0.5, 0.6) is 5.75 Å². The molecular formula is C23H25ClFN5O3. The van der Waals surface area contributed by atoms with Crippen LogP contribution in [-0.2, 0) is 4.79 Å². The van der Waals surface area contributed by atoms with E-state index in [0.717, 1.165) is 0 Å². The van der Waals surface area contributed by atoms with Crippen LogP contribution in [-0.4, -0.2) is 51.9 Å². The number of rotatable bonds is 5. The van der Waals surface area contributed by atoms with Crippen molar-refractivity contribution >= 4 is 29.0 Å². The number of amides is 2. The molecule has 0 radical (unpaired) electrons. The van der Waals surface area contributed by atoms with Gasteiger partial charge in [-0.3, -0.25) is 9.59 Å². The first-order valence-corrected chi connectivity index (χ1v) is 11.0. The second-order valence-electron chi connectivity index (χ2n) is 8.45. The van der Waals surface area contributed by atoms with Gasteiger partial charge in [0.05, 0.1) is 35.1 Å². The first-order valence-electron chi connectivity index (χ1n) is 10.6. The highest BCUT2D eigenvalue weighted by molar-refractivity contribution is 6.31. The van der Waals surface area contributed by atoms with Gasteiger partial charge in [-0.25, -0.2) is 14.4 Å². The second kappa shape index (κ2) is 8.97. The molecule has 2 heterocycles. The van der Waals surface area contributed by atoms with Crippen LogP contribution in [0.1, 0.15) is 47.3 Å². The van der Waals surface area contributed by atoms with Crippen LogP contribution in [0.4, 0.5) is 4.39 Å². The van der Waals surface area contributed by atoms with Gasteiger partial charge in [0.15, 0.2) is 5.82 Å². The summed E-state index contributed by atoms with van der Waals surface area (Å²) in [6, 6.07) is 3.88. The number of nitrogens with one attached hydrogen (secondary N) is 1. The highest BCUT2D eigenvalue weighted by atomic mass is 35.5. The van der Waals surface area contributed by atoms with Crippen LogP contribution in [0.15, 0.2) is 23.9 Å². The number of hydrogen-bond donors (Lipinski definition) is 2. The van der Waals surface area contributed by atoms with Crippen molar-refractivity contribution in [2.45, 2.75) is 45.8 Å². The fourth-order valence-corrected chi connectivity index (χ4v) is 4.12. The molecule has 1 fully saturated rings. The van der Waals surface area contributed by atoms with Gasteiger partial charge in [-0.15, -0.1) is 0 Å². The molecule has 1 aliphatic heterocycles. The SMILES string of the molecule is CC(=O)NC1CC(Oc2cc(F)ccc2C(=O)N2CC(N)=C(c3nc(C)c(Cl)c(C)n3)C2)C1. The largest absolute Gasteiger partial charge is 0.489 e. The van der Waals surface area contributed by atoms with Crippen molar-refractivity contribution in [3.05, 3.63) is 57.5 Å². The lowest BCUT2D eigenvalue weighted by molar-refractivity contribution is -0.120. The van der Waals surface area contributed by atoms with Crippen molar-refractivity contribution in [1.29, 1.82) is 0 Å². The van der Waals surface area contributed by atoms with Crippen molar-refractivity contribution in [1.82, 2.24) is 20.2 Å². The Morgan fingerprint density at radius 2 is 1.88 bits per heavy atom. The van der Waals surface area contributed by atoms with Gasteiger partial charge in [0.1, 0.15) is 17.7 Å². The molecule has 33 heavy (non-hydrogen) atoms. The molecule has 2 aliphatic rings. The molecular weight excluding hydrogens is 449 g/mol. The highest BCUT2D eigenvalue weighted by Gasteiger charge is 2.34. The molecule has 1 aromatic carbocycles. The standard InChI is InChI=1S/C23H25ClFN5O3/c1-11-21(24)12(2)28-22(27-11)18-9-30(10-19(18)26)23(32)17-5-4-14(25)6-20(17)33-16-7-15(8-16)29-13(3)31/h4-6,15-16H,7-10,26H2,1-3H3,(H,29,31). The maximum absolute atomic E-state index is 13.9. The van der Waals surface area contributed by atoms with Crippen LogP contribution in [0.3, 0.4) is 0 Å². The third kappa shape index (κ3) is 4.78. The molecule has 2 amide bonds. The summed E-state index contributed by atoms with van der Waals surface area (Å²) < 4.78 is 19.9. The molecule has 0 spiro atoms. The quantitative estimate of drug-likeness (QED) is 0.690. The molecule has 1 aliphatic carbocycles. The third-order valence-corrected chi connectivity index (χ3v) is 6.35. The number of nitrogens with zero attached hydrogens (tertiary/aromatic N) is 3. The lowest BCUT2D eigenvalue weighted by Gasteiger charge is -2.36. The molecule has 2 aromatic rings. The van der Waals surface area contributed by atoms with Crippen molar-refractivity contribution in [3.63, 3.8) is 0 Å². The molecule has 0 bridgehead atoms. The monoisotopic (exact) mass is 473 g/mol. The smallest absolute Gasteiger partial charge is 0.258 e. The summed E-state index contributed by atoms with van der Waals surface area (Å²) in [6.07, 6.45) is 0.984. The Labute approximate surface area is 196 Å². The number of benzene rings is 1. The Hall–Kier alpha value is -3.20. The molecule has 10 heteroatoms. The fourth-order valence-electron chi connectivity index (χ4n) is 4.03. The summed E-state index contributed by atoms with van der Waals surface area (Å²) in [5.41, 5.74) is 8.90. The van der Waals surface area contributed by atoms with E-state index in [1.165, 1.54) is 25.1 Å². The number of aromatic nitrogens is 2. The third-order valence-electron chi connectivity index (χ3n) is 5.81. The van der Waals surface area contributed by atoms with Gasteiger partial charge in [0, 0.05) is 43.1 Å². The first-order chi connectivity index (χ1) is 15.6. The summed E-state index contributed by atoms with van der Waals surface area (Å²) in [5, 5.41) is 3.31. The van der Waals surface area contributed by atoms with E-state index in [4.69, 9.17) is 22.1 Å². The van der Waals surface area contributed by atoms with Crippen LogP contribution < -0.4 is 15.8 Å². The lowest BCUT2D eigenvalue weighted by atomic mass is 9.89. The van der Waals surface area contributed by atoms with Gasteiger partial charge in [-0.05, 0) is 26.0 Å². The first kappa shape index (κ1) is 23.0. The molecule has 1 aromatic heterocycles. The van der Waals surface area contributed by atoms with E-state index in [9.17, 15) is 14.0 Å². The number of halogens is 2. The minimum absolute atomic E-state index is 0.0247. The maximum Gasteiger partial charge on any atom is 0.258 e. The van der Waals surface area contributed by atoms with E-state index < -0.39 is 5.82 Å². The Morgan fingerprint density at radius 1 is 1.21 bits per heavy atom. The maximum atomic E-state index is 13.9. The predicted octanol–water partition coefficient (Wildman–Crippen LogP) is 2.76. The molecule has 8 nitrogen and oxygen atoms in total. The van der Waals surface area contributed by atoms with Crippen molar-refractivity contribution < 1.29 is 18.7 Å². The summed E-state index contributed by atoms with van der Waals surface area (Å²) in [6.45, 7) is 5.45. The zero-order chi connectivity index (χ0) is 23.9. The van der Waals surface area contributed by atoms with Crippen LogP contribution in [0, 0.1) is 19.7 Å². The van der Waals surface area contributed by atoms with E-state index >= 15 is 0 Å². The molecule has 1 saturated carbocycles. The average Bonchev–Trinajstić information content (AvgIpc) is 3.11. The summed E-state index contributed by atoms with van der Waals surface area (Å²) in [5.74, 6) is -0.323. The minimum atomic E-state index is -0.500. The molecule has 4 rings (SSSR count). The second-order valence-corrected chi connectivity index (χ2v) is 8.82. The van der Waals surface area contributed by atoms with Gasteiger partial charge >= 0.3 is 0 Å². The van der Waals surface area contributed by atoms with E-state index in [1.54, 1.807) is 18.7 Å². The van der Waals surface area contributed by atoms with Gasteiger partial charge in [-0.2, -0.15) is 0 Å². The van der Waals surface area contributed by atoms with Crippen LogP contribution in [0.2, 0.25) is 5.02 Å². The number of carbonyl (C=O) groups is 2. The van der Waals surface area contributed by atoms with Crippen molar-refractivity contribution in [3.8, 4) is 5.75 Å². The van der Waals surface area contributed by atoms with Gasteiger partial charge < -0.3 is 20.7 Å². The minimum Gasteiger partial charge on any atom is -0.489 e. The summed E-state index contributed by atoms with van der Waals surface area (Å²) >= 11 is 6.17. The number of hydrogen-bond acceptors (Lipinski definition) is 6. The lowest BCUT2D eigenvalue weighted by Crippen LogP contribution is -2.48. The fraction of sp³-hybridized carbons (Fsp3) is 0.391. The molecule has 3 N–H and O–H groups in total. The number of carbonyl (C=O) groups excluding carboxylic acids is 2. The Balaban J connectivity index is 1.50. The van der Waals surface area contributed by atoms with E-state index in [2.05, 4.69) is 15.3 Å². The van der Waals surface area contributed by atoms with Gasteiger partial charge in [-0.1, -0.05) is 11.6 Å². The number of ether oxygens (including phenoxy) is 1. The van der Waals surface area contributed by atoms with Crippen LogP contribution >= 0.6 is 11.6 Å². The Bertz CT molecular complexity index is 1140. The zero-order valence-electron chi connectivity index (χ0n) is 18.6. The molecule has 0 saturated heterocycles. The Morgan fingerprint density at radius 3 is 2.52 bits per heavy atom. The molecule has 0 unspecified atom stereocenters. The predicted molar refractivity (Wildman–Crippen MR) is 121 cm³/mol. The molecule has 174 valence electrons. The summed E-state index contributed by atoms with van der Waals surface area (Å²) in [7, 11) is 0. The van der Waals surface area contributed by atoms with E-state index in [1.807, 2.05) is 0 Å². The number of nitrogens with two attached hydrogens (primary N) is 1. The average molecular weight is 474 g/mol. The van der Waals surface area contributed by atoms with Crippen molar-refractivity contribution in [2.24, 2.45) is 5.73 Å². The van der Waals surface area contributed by atoms with E-state index in [-0.39, 0.29) is 48.4 Å². The number of aryl methyl sites for hydroxylation is 2. The normalized spacial score (nSPS) is 20.0. The Kier molecular flexibility index (Phi) is 6.25. The van der Waals surface area contributed by atoms with Crippen LogP contribution in [0.25, 0.3) is 5.57 Å². The highest BCUT2D eigenvalue weighted by Crippen LogP contribution is 2.32. The zero-order valence-corrected chi connectivity index (χ0v) is 19.4.